The number of hydrogen-bond donors (Lipinski definition) is 0. The van der Waals surface area contributed by atoms with Crippen LogP contribution in [0, 0.1) is 0 Å². The molecule has 1 saturated heterocycles. The van der Waals surface area contributed by atoms with Gasteiger partial charge >= 0.3 is 0 Å². The fourth-order valence-electron chi connectivity index (χ4n) is 3.06. The maximum Gasteiger partial charge on any atom is 0.289 e. The molecule has 1 aromatic rings. The largest absolute Gasteiger partial charge is 0.444 e. The smallest absolute Gasteiger partial charge is 0.289 e. The van der Waals surface area contributed by atoms with Crippen LogP contribution in [-0.4, -0.2) is 42.8 Å². The lowest BCUT2D eigenvalue weighted by molar-refractivity contribution is 0.0623. The number of carbonyl (C=O) groups excluding carboxylic acids is 1. The lowest BCUT2D eigenvalue weighted by atomic mass is 10.0. The monoisotopic (exact) mass is 375 g/mol. The summed E-state index contributed by atoms with van der Waals surface area (Å²) in [6.45, 7) is 0.575. The first-order valence-corrected chi connectivity index (χ1v) is 9.66. The standard InChI is InChI=1S/C14H18BrNO4S/c15-13-7-6-12(20-13)14(17)16-8-11(9-16)21(18,19)10-4-2-1-3-5-10/h6-7,10-11H,1-5,8-9H2. The molecule has 3 rings (SSSR count). The van der Waals surface area contributed by atoms with Crippen molar-refractivity contribution in [1.82, 2.24) is 4.90 Å². The third kappa shape index (κ3) is 2.90. The highest BCUT2D eigenvalue weighted by molar-refractivity contribution is 9.10. The van der Waals surface area contributed by atoms with Crippen LogP contribution in [0.2, 0.25) is 0 Å². The van der Waals surface area contributed by atoms with E-state index in [1.165, 1.54) is 4.90 Å². The summed E-state index contributed by atoms with van der Waals surface area (Å²) in [5, 5.41) is -0.603. The van der Waals surface area contributed by atoms with E-state index >= 15 is 0 Å². The molecule has 2 aliphatic rings. The summed E-state index contributed by atoms with van der Waals surface area (Å²) >= 11 is 3.15. The Labute approximate surface area is 132 Å². The van der Waals surface area contributed by atoms with E-state index in [-0.39, 0.29) is 30.0 Å². The van der Waals surface area contributed by atoms with Crippen LogP contribution in [0.1, 0.15) is 42.7 Å². The van der Waals surface area contributed by atoms with E-state index in [0.29, 0.717) is 4.67 Å². The van der Waals surface area contributed by atoms with Crippen LogP contribution in [-0.2, 0) is 9.84 Å². The van der Waals surface area contributed by atoms with E-state index in [0.717, 1.165) is 32.1 Å². The van der Waals surface area contributed by atoms with Crippen LogP contribution in [0.25, 0.3) is 0 Å². The first-order valence-electron chi connectivity index (χ1n) is 7.26. The Balaban J connectivity index is 1.61. The molecule has 2 heterocycles. The van der Waals surface area contributed by atoms with Crippen LogP contribution < -0.4 is 0 Å². The van der Waals surface area contributed by atoms with Gasteiger partial charge in [-0.15, -0.1) is 0 Å². The van der Waals surface area contributed by atoms with Crippen LogP contribution in [0.15, 0.2) is 21.2 Å². The number of sulfone groups is 1. The summed E-state index contributed by atoms with van der Waals surface area (Å²) in [7, 11) is -3.10. The van der Waals surface area contributed by atoms with Gasteiger partial charge in [-0.2, -0.15) is 0 Å². The average molecular weight is 376 g/mol. The van der Waals surface area contributed by atoms with E-state index in [1.807, 2.05) is 0 Å². The fourth-order valence-corrected chi connectivity index (χ4v) is 5.68. The Morgan fingerprint density at radius 2 is 1.81 bits per heavy atom. The van der Waals surface area contributed by atoms with Crippen molar-refractivity contribution in [1.29, 1.82) is 0 Å². The minimum atomic E-state index is -3.10. The zero-order valence-electron chi connectivity index (χ0n) is 11.6. The molecule has 7 heteroatoms. The summed E-state index contributed by atoms with van der Waals surface area (Å²) in [6.07, 6.45) is 4.68. The normalized spacial score (nSPS) is 21.3. The van der Waals surface area contributed by atoms with Gasteiger partial charge in [0, 0.05) is 13.1 Å². The number of halogens is 1. The van der Waals surface area contributed by atoms with Crippen LogP contribution in [0.3, 0.4) is 0 Å². The maximum atomic E-state index is 12.5. The van der Waals surface area contributed by atoms with Gasteiger partial charge in [-0.05, 0) is 40.9 Å². The third-order valence-electron chi connectivity index (χ3n) is 4.40. The van der Waals surface area contributed by atoms with E-state index in [9.17, 15) is 13.2 Å². The first-order chi connectivity index (χ1) is 9.98. The number of rotatable bonds is 3. The Kier molecular flexibility index (Phi) is 4.14. The minimum Gasteiger partial charge on any atom is -0.444 e. The molecule has 0 atom stereocenters. The quantitative estimate of drug-likeness (QED) is 0.814. The van der Waals surface area contributed by atoms with Crippen molar-refractivity contribution in [2.45, 2.75) is 42.6 Å². The number of amides is 1. The van der Waals surface area contributed by atoms with Gasteiger partial charge in [-0.25, -0.2) is 8.42 Å². The summed E-state index contributed by atoms with van der Waals surface area (Å²) in [4.78, 5) is 13.6. The van der Waals surface area contributed by atoms with Gasteiger partial charge in [0.25, 0.3) is 5.91 Å². The molecule has 2 fully saturated rings. The maximum absolute atomic E-state index is 12.5. The van der Waals surface area contributed by atoms with Crippen molar-refractivity contribution in [3.8, 4) is 0 Å². The molecular weight excluding hydrogens is 358 g/mol. The minimum absolute atomic E-state index is 0.203. The summed E-state index contributed by atoms with van der Waals surface area (Å²) in [5.41, 5.74) is 0. The van der Waals surface area contributed by atoms with Crippen molar-refractivity contribution >= 4 is 31.7 Å². The highest BCUT2D eigenvalue weighted by atomic mass is 79.9. The highest BCUT2D eigenvalue weighted by Crippen LogP contribution is 2.30. The number of furan rings is 1. The molecular formula is C14H18BrNO4S. The third-order valence-corrected chi connectivity index (χ3v) is 7.45. The molecule has 1 saturated carbocycles. The average Bonchev–Trinajstić information content (AvgIpc) is 2.84. The number of hydrogen-bond acceptors (Lipinski definition) is 4. The predicted molar refractivity (Wildman–Crippen MR) is 81.9 cm³/mol. The zero-order valence-corrected chi connectivity index (χ0v) is 14.0. The summed E-state index contributed by atoms with van der Waals surface area (Å²) < 4.78 is 30.7. The van der Waals surface area contributed by atoms with Crippen LogP contribution in [0.4, 0.5) is 0 Å². The van der Waals surface area contributed by atoms with E-state index < -0.39 is 15.1 Å². The lowest BCUT2D eigenvalue weighted by Crippen LogP contribution is -2.58. The molecule has 0 N–H and O–H groups in total. The fraction of sp³-hybridized carbons (Fsp3) is 0.643. The SMILES string of the molecule is O=C(c1ccc(Br)o1)N1CC(S(=O)(=O)C2CCCCC2)C1. The molecule has 21 heavy (non-hydrogen) atoms. The second-order valence-corrected chi connectivity index (χ2v) is 9.08. The second kappa shape index (κ2) is 5.76. The first kappa shape index (κ1) is 15.1. The van der Waals surface area contributed by atoms with Gasteiger partial charge in [0.2, 0.25) is 0 Å². The highest BCUT2D eigenvalue weighted by Gasteiger charge is 2.44. The molecule has 1 amide bonds. The van der Waals surface area contributed by atoms with E-state index in [2.05, 4.69) is 15.9 Å². The molecule has 0 unspecified atom stereocenters. The number of likely N-dealkylation sites (tertiary alicyclic amines) is 1. The molecule has 1 aliphatic heterocycles. The van der Waals surface area contributed by atoms with Crippen molar-refractivity contribution in [3.05, 3.63) is 22.6 Å². The van der Waals surface area contributed by atoms with Crippen molar-refractivity contribution in [2.24, 2.45) is 0 Å². The Morgan fingerprint density at radius 1 is 1.14 bits per heavy atom. The molecule has 116 valence electrons. The lowest BCUT2D eigenvalue weighted by Gasteiger charge is -2.40. The zero-order chi connectivity index (χ0) is 15.0. The summed E-state index contributed by atoms with van der Waals surface area (Å²) in [5.74, 6) is 0.00573. The van der Waals surface area contributed by atoms with Gasteiger partial charge in [-0.3, -0.25) is 4.79 Å². The molecule has 5 nitrogen and oxygen atoms in total. The number of carbonyl (C=O) groups is 1. The van der Waals surface area contributed by atoms with Gasteiger partial charge in [0.05, 0.1) is 10.5 Å². The molecule has 0 bridgehead atoms. The van der Waals surface area contributed by atoms with Gasteiger partial charge in [0.1, 0.15) is 0 Å². The topological polar surface area (TPSA) is 67.6 Å². The Hall–Kier alpha value is -0.820. The molecule has 0 radical (unpaired) electrons. The van der Waals surface area contributed by atoms with Crippen molar-refractivity contribution < 1.29 is 17.6 Å². The molecule has 0 spiro atoms. The molecule has 1 aromatic heterocycles. The van der Waals surface area contributed by atoms with Gasteiger partial charge in [-0.1, -0.05) is 19.3 Å². The van der Waals surface area contributed by atoms with Gasteiger partial charge < -0.3 is 9.32 Å². The Bertz CT molecular complexity index is 627. The predicted octanol–water partition coefficient (Wildman–Crippen LogP) is 2.61. The van der Waals surface area contributed by atoms with Crippen molar-refractivity contribution in [3.63, 3.8) is 0 Å². The van der Waals surface area contributed by atoms with Crippen LogP contribution >= 0.6 is 15.9 Å². The Morgan fingerprint density at radius 3 is 2.38 bits per heavy atom. The van der Waals surface area contributed by atoms with E-state index in [4.69, 9.17) is 4.42 Å². The second-order valence-electron chi connectivity index (χ2n) is 5.78. The molecule has 1 aliphatic carbocycles. The number of nitrogens with zero attached hydrogens (tertiary/aromatic N) is 1. The van der Waals surface area contributed by atoms with Crippen LogP contribution in [0.5, 0.6) is 0 Å². The summed E-state index contributed by atoms with van der Waals surface area (Å²) in [6, 6.07) is 3.25. The van der Waals surface area contributed by atoms with Crippen molar-refractivity contribution in [2.75, 3.05) is 13.1 Å². The van der Waals surface area contributed by atoms with Gasteiger partial charge in [0.15, 0.2) is 20.3 Å². The van der Waals surface area contributed by atoms with E-state index in [1.54, 1.807) is 12.1 Å². The molecule has 0 aromatic carbocycles.